The number of aliphatic hydroxyl groups excluding tert-OH is 1. The molecule has 3 nitrogen and oxygen atoms in total. The molecule has 2 fully saturated rings. The topological polar surface area (TPSA) is 49.3 Å². The van der Waals surface area contributed by atoms with Gasteiger partial charge in [-0.2, -0.15) is 0 Å². The minimum atomic E-state index is 0.149. The number of amides is 1. The summed E-state index contributed by atoms with van der Waals surface area (Å²) in [5.74, 6) is 2.37. The summed E-state index contributed by atoms with van der Waals surface area (Å²) in [5, 5.41) is 11.7. The van der Waals surface area contributed by atoms with Crippen LogP contribution >= 0.6 is 0 Å². The van der Waals surface area contributed by atoms with E-state index in [9.17, 15) is 4.79 Å². The van der Waals surface area contributed by atoms with Gasteiger partial charge in [0.25, 0.3) is 0 Å². The fraction of sp³-hybridized carbons (Fsp3) is 0.909. The van der Waals surface area contributed by atoms with E-state index in [1.54, 1.807) is 0 Å². The van der Waals surface area contributed by atoms with Crippen molar-refractivity contribution in [2.45, 2.75) is 26.2 Å². The molecule has 3 atom stereocenters. The molecular weight excluding hydrogens is 178 g/mol. The molecule has 0 radical (unpaired) electrons. The third-order valence-electron chi connectivity index (χ3n) is 3.55. The zero-order chi connectivity index (χ0) is 10.1. The van der Waals surface area contributed by atoms with Gasteiger partial charge in [0.05, 0.1) is 0 Å². The van der Waals surface area contributed by atoms with E-state index < -0.39 is 0 Å². The first-order valence-corrected chi connectivity index (χ1v) is 5.59. The molecule has 0 saturated heterocycles. The SMILES string of the molecule is CC(CO)CNC(=O)C1CC2CC2C1. The molecule has 0 spiro atoms. The van der Waals surface area contributed by atoms with E-state index in [0.29, 0.717) is 6.54 Å². The fourth-order valence-corrected chi connectivity index (χ4v) is 2.41. The van der Waals surface area contributed by atoms with Crippen molar-refractivity contribution in [2.24, 2.45) is 23.7 Å². The highest BCUT2D eigenvalue weighted by atomic mass is 16.3. The van der Waals surface area contributed by atoms with Crippen LogP contribution in [0.3, 0.4) is 0 Å². The van der Waals surface area contributed by atoms with Gasteiger partial charge < -0.3 is 10.4 Å². The van der Waals surface area contributed by atoms with E-state index in [0.717, 1.165) is 24.7 Å². The van der Waals surface area contributed by atoms with E-state index in [4.69, 9.17) is 5.11 Å². The summed E-state index contributed by atoms with van der Waals surface area (Å²) in [7, 11) is 0. The quantitative estimate of drug-likeness (QED) is 0.699. The summed E-state index contributed by atoms with van der Waals surface area (Å²) in [5.41, 5.74) is 0. The second-order valence-electron chi connectivity index (χ2n) is 4.96. The van der Waals surface area contributed by atoms with Crippen molar-refractivity contribution in [2.75, 3.05) is 13.2 Å². The van der Waals surface area contributed by atoms with Crippen LogP contribution in [0.1, 0.15) is 26.2 Å². The Hall–Kier alpha value is -0.570. The Morgan fingerprint density at radius 2 is 2.07 bits per heavy atom. The second-order valence-corrected chi connectivity index (χ2v) is 4.96. The van der Waals surface area contributed by atoms with Crippen LogP contribution in [0.2, 0.25) is 0 Å². The molecule has 0 bridgehead atoms. The van der Waals surface area contributed by atoms with Gasteiger partial charge >= 0.3 is 0 Å². The number of aliphatic hydroxyl groups is 1. The van der Waals surface area contributed by atoms with Crippen LogP contribution in [0.5, 0.6) is 0 Å². The molecule has 2 aliphatic rings. The van der Waals surface area contributed by atoms with Crippen molar-refractivity contribution < 1.29 is 9.90 Å². The van der Waals surface area contributed by atoms with Crippen LogP contribution in [0, 0.1) is 23.7 Å². The number of hydrogen-bond donors (Lipinski definition) is 2. The van der Waals surface area contributed by atoms with Crippen molar-refractivity contribution in [3.05, 3.63) is 0 Å². The van der Waals surface area contributed by atoms with Gasteiger partial charge in [-0.15, -0.1) is 0 Å². The predicted octanol–water partition coefficient (Wildman–Crippen LogP) is 0.777. The molecule has 2 N–H and O–H groups in total. The van der Waals surface area contributed by atoms with Crippen molar-refractivity contribution in [1.29, 1.82) is 0 Å². The van der Waals surface area contributed by atoms with E-state index >= 15 is 0 Å². The summed E-state index contributed by atoms with van der Waals surface area (Å²) in [6.45, 7) is 2.70. The summed E-state index contributed by atoms with van der Waals surface area (Å²) in [6.07, 6.45) is 3.56. The Balaban J connectivity index is 1.68. The molecule has 3 unspecified atom stereocenters. The van der Waals surface area contributed by atoms with Crippen LogP contribution in [0.4, 0.5) is 0 Å². The molecule has 0 aromatic rings. The Bertz CT molecular complexity index is 219. The maximum atomic E-state index is 11.6. The Morgan fingerprint density at radius 3 is 2.64 bits per heavy atom. The minimum Gasteiger partial charge on any atom is -0.396 e. The summed E-state index contributed by atoms with van der Waals surface area (Å²) in [6, 6.07) is 0. The Kier molecular flexibility index (Phi) is 2.77. The number of hydrogen-bond acceptors (Lipinski definition) is 2. The predicted molar refractivity (Wildman–Crippen MR) is 53.6 cm³/mol. The third kappa shape index (κ3) is 2.08. The lowest BCUT2D eigenvalue weighted by atomic mass is 10.0. The highest BCUT2D eigenvalue weighted by Gasteiger charge is 2.47. The van der Waals surface area contributed by atoms with Gasteiger partial charge in [-0.3, -0.25) is 4.79 Å². The molecule has 2 rings (SSSR count). The average Bonchev–Trinajstić information content (AvgIpc) is 2.81. The highest BCUT2D eigenvalue weighted by molar-refractivity contribution is 5.79. The summed E-state index contributed by atoms with van der Waals surface area (Å²) in [4.78, 5) is 11.6. The number of carbonyl (C=O) groups is 1. The minimum absolute atomic E-state index is 0.149. The van der Waals surface area contributed by atoms with Gasteiger partial charge in [0.2, 0.25) is 5.91 Å². The average molecular weight is 197 g/mol. The molecule has 0 aliphatic heterocycles. The van der Waals surface area contributed by atoms with E-state index in [1.165, 1.54) is 6.42 Å². The van der Waals surface area contributed by atoms with Gasteiger partial charge in [0, 0.05) is 19.1 Å². The van der Waals surface area contributed by atoms with Gasteiger partial charge in [0.15, 0.2) is 0 Å². The maximum absolute atomic E-state index is 11.6. The van der Waals surface area contributed by atoms with Crippen LogP contribution in [0.25, 0.3) is 0 Å². The monoisotopic (exact) mass is 197 g/mol. The van der Waals surface area contributed by atoms with E-state index in [-0.39, 0.29) is 24.3 Å². The number of fused-ring (bicyclic) bond motifs is 1. The largest absolute Gasteiger partial charge is 0.396 e. The van der Waals surface area contributed by atoms with E-state index in [2.05, 4.69) is 5.32 Å². The lowest BCUT2D eigenvalue weighted by Gasteiger charge is -2.14. The number of carbonyl (C=O) groups excluding carboxylic acids is 1. The van der Waals surface area contributed by atoms with Crippen LogP contribution < -0.4 is 5.32 Å². The van der Waals surface area contributed by atoms with Crippen molar-refractivity contribution in [3.8, 4) is 0 Å². The fourth-order valence-electron chi connectivity index (χ4n) is 2.41. The van der Waals surface area contributed by atoms with Crippen molar-refractivity contribution in [3.63, 3.8) is 0 Å². The number of nitrogens with one attached hydrogen (secondary N) is 1. The first kappa shape index (κ1) is 9.97. The first-order chi connectivity index (χ1) is 6.70. The molecule has 3 heteroatoms. The molecule has 2 saturated carbocycles. The van der Waals surface area contributed by atoms with Crippen molar-refractivity contribution >= 4 is 5.91 Å². The third-order valence-corrected chi connectivity index (χ3v) is 3.55. The normalized spacial score (nSPS) is 36.3. The van der Waals surface area contributed by atoms with Crippen LogP contribution in [0.15, 0.2) is 0 Å². The maximum Gasteiger partial charge on any atom is 0.223 e. The standard InChI is InChI=1S/C11H19NO2/c1-7(6-13)5-12-11(14)10-3-8-2-9(8)4-10/h7-10,13H,2-6H2,1H3,(H,12,14). The number of rotatable bonds is 4. The summed E-state index contributed by atoms with van der Waals surface area (Å²) >= 11 is 0. The van der Waals surface area contributed by atoms with Crippen molar-refractivity contribution in [1.82, 2.24) is 5.32 Å². The Labute approximate surface area is 84.9 Å². The molecule has 2 aliphatic carbocycles. The molecule has 0 aromatic carbocycles. The molecular formula is C11H19NO2. The first-order valence-electron chi connectivity index (χ1n) is 5.59. The van der Waals surface area contributed by atoms with Gasteiger partial charge in [0.1, 0.15) is 0 Å². The second kappa shape index (κ2) is 3.89. The molecule has 0 aromatic heterocycles. The lowest BCUT2D eigenvalue weighted by molar-refractivity contribution is -0.125. The van der Waals surface area contributed by atoms with Gasteiger partial charge in [-0.25, -0.2) is 0 Å². The molecule has 14 heavy (non-hydrogen) atoms. The van der Waals surface area contributed by atoms with Gasteiger partial charge in [-0.1, -0.05) is 6.92 Å². The Morgan fingerprint density at radius 1 is 1.43 bits per heavy atom. The van der Waals surface area contributed by atoms with Gasteiger partial charge in [-0.05, 0) is 37.0 Å². The zero-order valence-electron chi connectivity index (χ0n) is 8.70. The van der Waals surface area contributed by atoms with Crippen LogP contribution in [-0.2, 0) is 4.79 Å². The molecule has 0 heterocycles. The lowest BCUT2D eigenvalue weighted by Crippen LogP contribution is -2.34. The smallest absolute Gasteiger partial charge is 0.223 e. The highest BCUT2D eigenvalue weighted by Crippen LogP contribution is 2.54. The van der Waals surface area contributed by atoms with E-state index in [1.807, 2.05) is 6.92 Å². The zero-order valence-corrected chi connectivity index (χ0v) is 8.70. The summed E-state index contributed by atoms with van der Waals surface area (Å²) < 4.78 is 0. The molecule has 1 amide bonds. The molecule has 80 valence electrons. The van der Waals surface area contributed by atoms with Crippen LogP contribution in [-0.4, -0.2) is 24.2 Å².